The summed E-state index contributed by atoms with van der Waals surface area (Å²) in [5, 5.41) is 11.2. The Hall–Kier alpha value is -0.880. The molecule has 0 atom stereocenters. The van der Waals surface area contributed by atoms with Gasteiger partial charge in [0.1, 0.15) is 0 Å². The van der Waals surface area contributed by atoms with E-state index in [2.05, 4.69) is 21.2 Å². The lowest BCUT2D eigenvalue weighted by atomic mass is 10.2. The molecular formula is C11H14BrNO3S. The standard InChI is InChI=1S/C11H14BrNO3S/c12-9-5-4-8(17-9)6-7-13-10(14)2-1-3-11(15)16/h4-5H,1-3,6-7H2,(H,13,14)(H,15,16). The Balaban J connectivity index is 2.10. The number of carbonyl (C=O) groups is 2. The number of aliphatic carboxylic acids is 1. The molecule has 0 aromatic carbocycles. The van der Waals surface area contributed by atoms with E-state index in [-0.39, 0.29) is 18.7 Å². The van der Waals surface area contributed by atoms with E-state index in [0.29, 0.717) is 13.0 Å². The van der Waals surface area contributed by atoms with Gasteiger partial charge >= 0.3 is 5.97 Å². The molecule has 0 aliphatic rings. The summed E-state index contributed by atoms with van der Waals surface area (Å²) >= 11 is 5.03. The zero-order chi connectivity index (χ0) is 12.7. The van der Waals surface area contributed by atoms with E-state index >= 15 is 0 Å². The van der Waals surface area contributed by atoms with Gasteiger partial charge < -0.3 is 10.4 Å². The van der Waals surface area contributed by atoms with Gasteiger partial charge in [-0.15, -0.1) is 11.3 Å². The highest BCUT2D eigenvalue weighted by Gasteiger charge is 2.04. The Bertz CT molecular complexity index is 392. The summed E-state index contributed by atoms with van der Waals surface area (Å²) in [5.74, 6) is -0.942. The van der Waals surface area contributed by atoms with Crippen molar-refractivity contribution in [2.75, 3.05) is 6.54 Å². The quantitative estimate of drug-likeness (QED) is 0.811. The van der Waals surface area contributed by atoms with Crippen molar-refractivity contribution in [3.05, 3.63) is 20.8 Å². The van der Waals surface area contributed by atoms with Crippen LogP contribution in [-0.2, 0) is 16.0 Å². The van der Waals surface area contributed by atoms with Crippen LogP contribution in [0.4, 0.5) is 0 Å². The summed E-state index contributed by atoms with van der Waals surface area (Å²) in [6.07, 6.45) is 1.53. The number of hydrogen-bond donors (Lipinski definition) is 2. The Morgan fingerprint density at radius 2 is 2.12 bits per heavy atom. The highest BCUT2D eigenvalue weighted by molar-refractivity contribution is 9.11. The van der Waals surface area contributed by atoms with Crippen molar-refractivity contribution in [3.8, 4) is 0 Å². The minimum atomic E-state index is -0.860. The number of carbonyl (C=O) groups excluding carboxylic acids is 1. The second kappa shape index (κ2) is 7.45. The number of amides is 1. The third kappa shape index (κ3) is 6.43. The van der Waals surface area contributed by atoms with Gasteiger partial charge in [0.25, 0.3) is 0 Å². The number of halogens is 1. The van der Waals surface area contributed by atoms with E-state index in [4.69, 9.17) is 5.11 Å². The third-order valence-electron chi connectivity index (χ3n) is 2.12. The lowest BCUT2D eigenvalue weighted by Crippen LogP contribution is -2.25. The van der Waals surface area contributed by atoms with E-state index < -0.39 is 5.97 Å². The first-order valence-electron chi connectivity index (χ1n) is 5.30. The van der Waals surface area contributed by atoms with Crippen molar-refractivity contribution in [2.24, 2.45) is 0 Å². The molecule has 94 valence electrons. The van der Waals surface area contributed by atoms with Crippen LogP contribution in [-0.4, -0.2) is 23.5 Å². The highest BCUT2D eigenvalue weighted by Crippen LogP contribution is 2.21. The largest absolute Gasteiger partial charge is 0.481 e. The monoisotopic (exact) mass is 319 g/mol. The van der Waals surface area contributed by atoms with Gasteiger partial charge in [-0.2, -0.15) is 0 Å². The van der Waals surface area contributed by atoms with Gasteiger partial charge in [-0.25, -0.2) is 0 Å². The van der Waals surface area contributed by atoms with Crippen LogP contribution in [0.5, 0.6) is 0 Å². The van der Waals surface area contributed by atoms with Gasteiger partial charge in [0.2, 0.25) is 5.91 Å². The highest BCUT2D eigenvalue weighted by atomic mass is 79.9. The van der Waals surface area contributed by atoms with Gasteiger partial charge in [0.05, 0.1) is 3.79 Å². The SMILES string of the molecule is O=C(O)CCCC(=O)NCCc1ccc(Br)s1. The smallest absolute Gasteiger partial charge is 0.303 e. The molecule has 0 bridgehead atoms. The lowest BCUT2D eigenvalue weighted by molar-refractivity contribution is -0.137. The Morgan fingerprint density at radius 1 is 1.35 bits per heavy atom. The zero-order valence-electron chi connectivity index (χ0n) is 9.24. The maximum absolute atomic E-state index is 11.3. The molecule has 0 unspecified atom stereocenters. The van der Waals surface area contributed by atoms with Crippen LogP contribution in [0.25, 0.3) is 0 Å². The van der Waals surface area contributed by atoms with Crippen molar-refractivity contribution in [1.82, 2.24) is 5.32 Å². The summed E-state index contributed by atoms with van der Waals surface area (Å²) in [5.41, 5.74) is 0. The maximum atomic E-state index is 11.3. The first-order chi connectivity index (χ1) is 8.08. The predicted molar refractivity (Wildman–Crippen MR) is 70.2 cm³/mol. The Labute approximate surface area is 112 Å². The van der Waals surface area contributed by atoms with E-state index in [1.54, 1.807) is 11.3 Å². The molecule has 0 saturated carbocycles. The normalized spacial score (nSPS) is 10.2. The van der Waals surface area contributed by atoms with E-state index in [0.717, 1.165) is 10.2 Å². The molecule has 17 heavy (non-hydrogen) atoms. The van der Waals surface area contributed by atoms with Crippen LogP contribution in [0.2, 0.25) is 0 Å². The summed E-state index contributed by atoms with van der Waals surface area (Å²) in [6, 6.07) is 4.00. The van der Waals surface area contributed by atoms with Crippen LogP contribution in [0.1, 0.15) is 24.1 Å². The molecular weight excluding hydrogens is 306 g/mol. The molecule has 6 heteroatoms. The van der Waals surface area contributed by atoms with E-state index in [9.17, 15) is 9.59 Å². The molecule has 0 spiro atoms. The summed E-state index contributed by atoms with van der Waals surface area (Å²) in [6.45, 7) is 0.596. The van der Waals surface area contributed by atoms with Gasteiger partial charge in [0, 0.05) is 24.3 Å². The second-order valence-electron chi connectivity index (χ2n) is 3.55. The van der Waals surface area contributed by atoms with Crippen LogP contribution < -0.4 is 5.32 Å². The number of rotatable bonds is 7. The van der Waals surface area contributed by atoms with E-state index in [1.807, 2.05) is 12.1 Å². The first kappa shape index (κ1) is 14.2. The topological polar surface area (TPSA) is 66.4 Å². The fourth-order valence-corrected chi connectivity index (χ4v) is 2.78. The van der Waals surface area contributed by atoms with Crippen molar-refractivity contribution in [1.29, 1.82) is 0 Å². The van der Waals surface area contributed by atoms with Crippen molar-refractivity contribution >= 4 is 39.1 Å². The summed E-state index contributed by atoms with van der Waals surface area (Å²) < 4.78 is 1.08. The van der Waals surface area contributed by atoms with Crippen LogP contribution >= 0.6 is 27.3 Å². The first-order valence-corrected chi connectivity index (χ1v) is 6.91. The second-order valence-corrected chi connectivity index (χ2v) is 6.10. The van der Waals surface area contributed by atoms with Crippen LogP contribution in [0.15, 0.2) is 15.9 Å². The number of carboxylic acid groups (broad SMARTS) is 1. The molecule has 0 aliphatic heterocycles. The van der Waals surface area contributed by atoms with Crippen molar-refractivity contribution in [3.63, 3.8) is 0 Å². The molecule has 1 aromatic heterocycles. The Kier molecular flexibility index (Phi) is 6.21. The van der Waals surface area contributed by atoms with Gasteiger partial charge in [0.15, 0.2) is 0 Å². The van der Waals surface area contributed by atoms with Gasteiger partial charge in [-0.05, 0) is 40.9 Å². The van der Waals surface area contributed by atoms with Crippen LogP contribution in [0, 0.1) is 0 Å². The number of hydrogen-bond acceptors (Lipinski definition) is 3. The predicted octanol–water partition coefficient (Wildman–Crippen LogP) is 2.42. The minimum Gasteiger partial charge on any atom is -0.481 e. The summed E-state index contributed by atoms with van der Waals surface area (Å²) in [4.78, 5) is 22.8. The third-order valence-corrected chi connectivity index (χ3v) is 3.80. The van der Waals surface area contributed by atoms with Crippen molar-refractivity contribution in [2.45, 2.75) is 25.7 Å². The Morgan fingerprint density at radius 3 is 2.71 bits per heavy atom. The number of thiophene rings is 1. The average molecular weight is 320 g/mol. The molecule has 0 saturated heterocycles. The van der Waals surface area contributed by atoms with Gasteiger partial charge in [-0.3, -0.25) is 9.59 Å². The molecule has 1 rings (SSSR count). The van der Waals surface area contributed by atoms with Gasteiger partial charge in [-0.1, -0.05) is 0 Å². The molecule has 1 heterocycles. The van der Waals surface area contributed by atoms with Crippen LogP contribution in [0.3, 0.4) is 0 Å². The molecule has 1 aromatic rings. The van der Waals surface area contributed by atoms with E-state index in [1.165, 1.54) is 4.88 Å². The fourth-order valence-electron chi connectivity index (χ4n) is 1.30. The molecule has 0 radical (unpaired) electrons. The fraction of sp³-hybridized carbons (Fsp3) is 0.455. The zero-order valence-corrected chi connectivity index (χ0v) is 11.6. The maximum Gasteiger partial charge on any atom is 0.303 e. The lowest BCUT2D eigenvalue weighted by Gasteiger charge is -2.03. The minimum absolute atomic E-state index is 0.0469. The number of nitrogens with one attached hydrogen (secondary N) is 1. The van der Waals surface area contributed by atoms with Crippen molar-refractivity contribution < 1.29 is 14.7 Å². The molecule has 2 N–H and O–H groups in total. The molecule has 0 aliphatic carbocycles. The number of carboxylic acids is 1. The summed E-state index contributed by atoms with van der Waals surface area (Å²) in [7, 11) is 0. The average Bonchev–Trinajstić information content (AvgIpc) is 2.63. The molecule has 1 amide bonds. The molecule has 0 fully saturated rings. The molecule has 4 nitrogen and oxygen atoms in total.